The standard InChI is InChI=1S/C20H22N2O2/c1-14-4-2-3-5-16(14)7-10-19(23)21-13-15-6-9-18-17(12-15)8-11-20(24)22-18/h2-6,9,12H,7-8,10-11,13H2,1H3,(H,21,23)(H,22,24). The molecular formula is C20H22N2O2. The zero-order chi connectivity index (χ0) is 16.9. The maximum atomic E-state index is 12.1. The number of anilines is 1. The lowest BCUT2D eigenvalue weighted by atomic mass is 10.0. The fourth-order valence-corrected chi connectivity index (χ4v) is 2.97. The molecule has 2 amide bonds. The summed E-state index contributed by atoms with van der Waals surface area (Å²) in [7, 11) is 0. The highest BCUT2D eigenvalue weighted by atomic mass is 16.2. The van der Waals surface area contributed by atoms with E-state index >= 15 is 0 Å². The van der Waals surface area contributed by atoms with Crippen LogP contribution in [0.2, 0.25) is 0 Å². The number of amides is 2. The van der Waals surface area contributed by atoms with Crippen molar-refractivity contribution in [3.05, 3.63) is 64.7 Å². The van der Waals surface area contributed by atoms with Gasteiger partial charge in [0.2, 0.25) is 11.8 Å². The third kappa shape index (κ3) is 4.02. The number of benzene rings is 2. The van der Waals surface area contributed by atoms with Gasteiger partial charge in [-0.1, -0.05) is 36.4 Å². The van der Waals surface area contributed by atoms with E-state index in [4.69, 9.17) is 0 Å². The highest BCUT2D eigenvalue weighted by Crippen LogP contribution is 2.23. The van der Waals surface area contributed by atoms with Crippen LogP contribution >= 0.6 is 0 Å². The second-order valence-electron chi connectivity index (χ2n) is 6.24. The molecule has 0 saturated heterocycles. The molecule has 2 aromatic rings. The van der Waals surface area contributed by atoms with E-state index in [9.17, 15) is 9.59 Å². The van der Waals surface area contributed by atoms with Crippen molar-refractivity contribution < 1.29 is 9.59 Å². The third-order valence-corrected chi connectivity index (χ3v) is 4.44. The van der Waals surface area contributed by atoms with E-state index in [1.165, 1.54) is 11.1 Å². The molecule has 4 heteroatoms. The second kappa shape index (κ2) is 7.30. The van der Waals surface area contributed by atoms with Crippen molar-refractivity contribution in [3.63, 3.8) is 0 Å². The van der Waals surface area contributed by atoms with Gasteiger partial charge in [-0.3, -0.25) is 9.59 Å². The number of hydrogen-bond acceptors (Lipinski definition) is 2. The van der Waals surface area contributed by atoms with Crippen LogP contribution in [0.15, 0.2) is 42.5 Å². The molecule has 0 aromatic heterocycles. The molecule has 2 N–H and O–H groups in total. The van der Waals surface area contributed by atoms with Gasteiger partial charge in [0.1, 0.15) is 0 Å². The first-order chi connectivity index (χ1) is 11.6. The van der Waals surface area contributed by atoms with Crippen molar-refractivity contribution in [2.24, 2.45) is 0 Å². The number of fused-ring (bicyclic) bond motifs is 1. The van der Waals surface area contributed by atoms with Crippen LogP contribution in [0.5, 0.6) is 0 Å². The Morgan fingerprint density at radius 2 is 2.00 bits per heavy atom. The van der Waals surface area contributed by atoms with Gasteiger partial charge < -0.3 is 10.6 Å². The van der Waals surface area contributed by atoms with Gasteiger partial charge >= 0.3 is 0 Å². The molecule has 4 nitrogen and oxygen atoms in total. The summed E-state index contributed by atoms with van der Waals surface area (Å²) in [6, 6.07) is 14.1. The molecule has 0 atom stereocenters. The molecular weight excluding hydrogens is 300 g/mol. The van der Waals surface area contributed by atoms with Crippen molar-refractivity contribution in [3.8, 4) is 0 Å². The predicted octanol–water partition coefficient (Wildman–Crippen LogP) is 3.13. The Bertz CT molecular complexity index is 768. The highest BCUT2D eigenvalue weighted by molar-refractivity contribution is 5.93. The summed E-state index contributed by atoms with van der Waals surface area (Å²) in [6.45, 7) is 2.59. The van der Waals surface area contributed by atoms with Crippen LogP contribution in [-0.2, 0) is 29.0 Å². The summed E-state index contributed by atoms with van der Waals surface area (Å²) in [5, 5.41) is 5.85. The van der Waals surface area contributed by atoms with E-state index in [-0.39, 0.29) is 11.8 Å². The molecule has 0 unspecified atom stereocenters. The van der Waals surface area contributed by atoms with E-state index in [0.29, 0.717) is 19.4 Å². The fraction of sp³-hybridized carbons (Fsp3) is 0.300. The minimum atomic E-state index is 0.0595. The minimum absolute atomic E-state index is 0.0595. The Hall–Kier alpha value is -2.62. The lowest BCUT2D eigenvalue weighted by Gasteiger charge is -2.17. The first kappa shape index (κ1) is 16.2. The zero-order valence-electron chi connectivity index (χ0n) is 13.9. The van der Waals surface area contributed by atoms with Gasteiger partial charge in [0.05, 0.1) is 0 Å². The van der Waals surface area contributed by atoms with E-state index in [1.807, 2.05) is 24.3 Å². The molecule has 0 aliphatic carbocycles. The molecule has 0 spiro atoms. The summed E-state index contributed by atoms with van der Waals surface area (Å²) in [5.41, 5.74) is 5.54. The number of rotatable bonds is 5. The Labute approximate surface area is 142 Å². The molecule has 2 aromatic carbocycles. The van der Waals surface area contributed by atoms with Gasteiger partial charge in [-0.15, -0.1) is 0 Å². The monoisotopic (exact) mass is 322 g/mol. The van der Waals surface area contributed by atoms with E-state index in [1.54, 1.807) is 0 Å². The predicted molar refractivity (Wildman–Crippen MR) is 94.7 cm³/mol. The number of hydrogen-bond donors (Lipinski definition) is 2. The molecule has 24 heavy (non-hydrogen) atoms. The Balaban J connectivity index is 1.51. The summed E-state index contributed by atoms with van der Waals surface area (Å²) >= 11 is 0. The first-order valence-electron chi connectivity index (χ1n) is 8.34. The molecule has 1 aliphatic heterocycles. The average Bonchev–Trinajstić information content (AvgIpc) is 2.59. The number of aryl methyl sites for hydroxylation is 3. The largest absolute Gasteiger partial charge is 0.352 e. The van der Waals surface area contributed by atoms with E-state index in [2.05, 4.69) is 35.8 Å². The molecule has 3 rings (SSSR count). The summed E-state index contributed by atoms with van der Waals surface area (Å²) in [6.07, 6.45) is 2.54. The van der Waals surface area contributed by atoms with Crippen LogP contribution in [0.4, 0.5) is 5.69 Å². The van der Waals surface area contributed by atoms with Crippen LogP contribution < -0.4 is 10.6 Å². The summed E-state index contributed by atoms with van der Waals surface area (Å²) < 4.78 is 0. The topological polar surface area (TPSA) is 58.2 Å². The van der Waals surface area contributed by atoms with Gasteiger partial charge in [-0.2, -0.15) is 0 Å². The smallest absolute Gasteiger partial charge is 0.224 e. The van der Waals surface area contributed by atoms with Gasteiger partial charge in [-0.05, 0) is 48.1 Å². The quantitative estimate of drug-likeness (QED) is 0.888. The maximum Gasteiger partial charge on any atom is 0.224 e. The normalized spacial score (nSPS) is 13.1. The average molecular weight is 322 g/mol. The highest BCUT2D eigenvalue weighted by Gasteiger charge is 2.14. The van der Waals surface area contributed by atoms with Crippen LogP contribution in [0, 0.1) is 6.92 Å². The fourth-order valence-electron chi connectivity index (χ4n) is 2.97. The Morgan fingerprint density at radius 1 is 1.17 bits per heavy atom. The third-order valence-electron chi connectivity index (χ3n) is 4.44. The van der Waals surface area contributed by atoms with Gasteiger partial charge in [0.25, 0.3) is 0 Å². The van der Waals surface area contributed by atoms with E-state index < -0.39 is 0 Å². The first-order valence-corrected chi connectivity index (χ1v) is 8.34. The molecule has 1 aliphatic rings. The lowest BCUT2D eigenvalue weighted by molar-refractivity contribution is -0.121. The minimum Gasteiger partial charge on any atom is -0.352 e. The maximum absolute atomic E-state index is 12.1. The molecule has 0 fully saturated rings. The van der Waals surface area contributed by atoms with Gasteiger partial charge in [-0.25, -0.2) is 0 Å². The summed E-state index contributed by atoms with van der Waals surface area (Å²) in [4.78, 5) is 23.4. The van der Waals surface area contributed by atoms with Crippen LogP contribution in [0.3, 0.4) is 0 Å². The van der Waals surface area contributed by atoms with Crippen molar-refractivity contribution >= 4 is 17.5 Å². The second-order valence-corrected chi connectivity index (χ2v) is 6.24. The van der Waals surface area contributed by atoms with E-state index in [0.717, 1.165) is 29.7 Å². The van der Waals surface area contributed by atoms with Crippen molar-refractivity contribution in [2.45, 2.75) is 39.2 Å². The SMILES string of the molecule is Cc1ccccc1CCC(=O)NCc1ccc2c(c1)CCC(=O)N2. The number of nitrogens with one attached hydrogen (secondary N) is 2. The van der Waals surface area contributed by atoms with Gasteiger partial charge in [0, 0.05) is 25.1 Å². The van der Waals surface area contributed by atoms with Gasteiger partial charge in [0.15, 0.2) is 0 Å². The van der Waals surface area contributed by atoms with Crippen LogP contribution in [0.25, 0.3) is 0 Å². The van der Waals surface area contributed by atoms with Crippen LogP contribution in [0.1, 0.15) is 35.1 Å². The molecule has 0 bridgehead atoms. The molecule has 0 saturated carbocycles. The molecule has 1 heterocycles. The van der Waals surface area contributed by atoms with Crippen LogP contribution in [-0.4, -0.2) is 11.8 Å². The van der Waals surface area contributed by atoms with Crippen molar-refractivity contribution in [1.82, 2.24) is 5.32 Å². The number of carbonyl (C=O) groups is 2. The summed E-state index contributed by atoms with van der Waals surface area (Å²) in [5.74, 6) is 0.129. The molecule has 124 valence electrons. The lowest BCUT2D eigenvalue weighted by Crippen LogP contribution is -2.24. The zero-order valence-corrected chi connectivity index (χ0v) is 13.9. The number of carbonyl (C=O) groups excluding carboxylic acids is 2. The molecule has 0 radical (unpaired) electrons. The Kier molecular flexibility index (Phi) is 4.94. The Morgan fingerprint density at radius 3 is 2.83 bits per heavy atom. The van der Waals surface area contributed by atoms with Crippen molar-refractivity contribution in [1.29, 1.82) is 0 Å². The van der Waals surface area contributed by atoms with Crippen molar-refractivity contribution in [2.75, 3.05) is 5.32 Å².